The van der Waals surface area contributed by atoms with E-state index in [2.05, 4.69) is 15.3 Å². The van der Waals surface area contributed by atoms with Gasteiger partial charge in [0.1, 0.15) is 29.1 Å². The van der Waals surface area contributed by atoms with Crippen LogP contribution in [0.2, 0.25) is 0 Å². The number of hydrogen-bond acceptors (Lipinski definition) is 4. The molecule has 3 aromatic rings. The van der Waals surface area contributed by atoms with Crippen LogP contribution in [0.4, 0.5) is 0 Å². The fourth-order valence-electron chi connectivity index (χ4n) is 2.63. The van der Waals surface area contributed by atoms with Crippen molar-refractivity contribution in [3.8, 4) is 11.5 Å². The molecule has 7 heteroatoms. The van der Waals surface area contributed by atoms with E-state index in [0.29, 0.717) is 23.0 Å². The van der Waals surface area contributed by atoms with Crippen LogP contribution in [-0.2, 0) is 7.05 Å². The third kappa shape index (κ3) is 3.50. The van der Waals surface area contributed by atoms with Crippen LogP contribution in [-0.4, -0.2) is 34.7 Å². The van der Waals surface area contributed by atoms with Crippen molar-refractivity contribution in [2.75, 3.05) is 14.2 Å². The van der Waals surface area contributed by atoms with Gasteiger partial charge in [-0.25, -0.2) is 4.98 Å². The molecule has 0 aliphatic heterocycles. The topological polar surface area (TPSA) is 81.2 Å². The molecule has 0 aliphatic rings. The number of rotatable bonds is 6. The molecule has 0 bridgehead atoms. The molecule has 0 spiro atoms. The second-order valence-corrected chi connectivity index (χ2v) is 5.53. The number of methoxy groups -OCH3 is 2. The van der Waals surface area contributed by atoms with E-state index in [-0.39, 0.29) is 5.91 Å². The largest absolute Gasteiger partial charge is 0.497 e. The van der Waals surface area contributed by atoms with Gasteiger partial charge in [-0.1, -0.05) is 0 Å². The van der Waals surface area contributed by atoms with Gasteiger partial charge in [0, 0.05) is 31.7 Å². The molecular weight excluding hydrogens is 320 g/mol. The first-order valence-corrected chi connectivity index (χ1v) is 7.77. The van der Waals surface area contributed by atoms with E-state index in [1.807, 2.05) is 29.9 Å². The second kappa shape index (κ2) is 7.12. The summed E-state index contributed by atoms with van der Waals surface area (Å²) < 4.78 is 12.6. The quantitative estimate of drug-likeness (QED) is 0.721. The Morgan fingerprint density at radius 2 is 1.96 bits per heavy atom. The van der Waals surface area contributed by atoms with Crippen LogP contribution in [0.3, 0.4) is 0 Å². The lowest BCUT2D eigenvalue weighted by Gasteiger charge is -2.20. The third-order valence-corrected chi connectivity index (χ3v) is 3.94. The SMILES string of the molecule is COc1cc(OC)cc([C@H](NC(=O)c2ccc[nH]2)c2nccn2C)c1. The maximum Gasteiger partial charge on any atom is 0.268 e. The summed E-state index contributed by atoms with van der Waals surface area (Å²) in [6.45, 7) is 0. The van der Waals surface area contributed by atoms with Gasteiger partial charge < -0.3 is 24.3 Å². The lowest BCUT2D eigenvalue weighted by molar-refractivity contribution is 0.0936. The van der Waals surface area contributed by atoms with E-state index in [9.17, 15) is 4.79 Å². The van der Waals surface area contributed by atoms with Crippen molar-refractivity contribution >= 4 is 5.91 Å². The summed E-state index contributed by atoms with van der Waals surface area (Å²) in [7, 11) is 5.06. The highest BCUT2D eigenvalue weighted by Gasteiger charge is 2.23. The Morgan fingerprint density at radius 1 is 1.24 bits per heavy atom. The summed E-state index contributed by atoms with van der Waals surface area (Å²) in [6.07, 6.45) is 5.24. The monoisotopic (exact) mass is 340 g/mol. The number of nitrogens with zero attached hydrogens (tertiary/aromatic N) is 2. The molecule has 0 saturated carbocycles. The van der Waals surface area contributed by atoms with Crippen molar-refractivity contribution in [1.82, 2.24) is 19.9 Å². The number of benzene rings is 1. The number of amides is 1. The zero-order valence-electron chi connectivity index (χ0n) is 14.3. The molecule has 1 atom stereocenters. The summed E-state index contributed by atoms with van der Waals surface area (Å²) in [5, 5.41) is 3.02. The minimum absolute atomic E-state index is 0.222. The summed E-state index contributed by atoms with van der Waals surface area (Å²) >= 11 is 0. The van der Waals surface area contributed by atoms with E-state index >= 15 is 0 Å². The Hall–Kier alpha value is -3.22. The molecule has 0 radical (unpaired) electrons. The smallest absolute Gasteiger partial charge is 0.268 e. The van der Waals surface area contributed by atoms with Crippen LogP contribution in [0.15, 0.2) is 48.9 Å². The number of carbonyl (C=O) groups excluding carboxylic acids is 1. The third-order valence-electron chi connectivity index (χ3n) is 3.94. The van der Waals surface area contributed by atoms with Gasteiger partial charge >= 0.3 is 0 Å². The zero-order valence-corrected chi connectivity index (χ0v) is 14.3. The van der Waals surface area contributed by atoms with Crippen LogP contribution in [0.25, 0.3) is 0 Å². The lowest BCUT2D eigenvalue weighted by atomic mass is 10.0. The van der Waals surface area contributed by atoms with Gasteiger partial charge in [0.05, 0.1) is 14.2 Å². The predicted octanol–water partition coefficient (Wildman–Crippen LogP) is 2.28. The Balaban J connectivity index is 2.02. The molecule has 2 aromatic heterocycles. The molecule has 1 aromatic carbocycles. The number of hydrogen-bond donors (Lipinski definition) is 2. The molecule has 1 amide bonds. The molecule has 0 unspecified atom stereocenters. The molecule has 3 rings (SSSR count). The Labute approximate surface area is 145 Å². The van der Waals surface area contributed by atoms with Gasteiger partial charge in [-0.15, -0.1) is 0 Å². The van der Waals surface area contributed by atoms with Crippen molar-refractivity contribution in [2.24, 2.45) is 7.05 Å². The zero-order chi connectivity index (χ0) is 17.8. The van der Waals surface area contributed by atoms with Gasteiger partial charge in [-0.05, 0) is 29.8 Å². The first-order valence-electron chi connectivity index (χ1n) is 7.77. The van der Waals surface area contributed by atoms with Gasteiger partial charge in [0.2, 0.25) is 0 Å². The molecule has 0 aliphatic carbocycles. The molecule has 0 fully saturated rings. The van der Waals surface area contributed by atoms with Crippen LogP contribution < -0.4 is 14.8 Å². The molecule has 2 N–H and O–H groups in total. The number of carbonyl (C=O) groups is 1. The highest BCUT2D eigenvalue weighted by Crippen LogP contribution is 2.29. The van der Waals surface area contributed by atoms with Crippen LogP contribution in [0.5, 0.6) is 11.5 Å². The fraction of sp³-hybridized carbons (Fsp3) is 0.222. The van der Waals surface area contributed by atoms with Crippen molar-refractivity contribution in [1.29, 1.82) is 0 Å². The number of H-pyrrole nitrogens is 1. The molecular formula is C18H20N4O3. The van der Waals surface area contributed by atoms with Crippen LogP contribution in [0, 0.1) is 0 Å². The van der Waals surface area contributed by atoms with E-state index in [0.717, 1.165) is 5.56 Å². The van der Waals surface area contributed by atoms with Crippen molar-refractivity contribution in [2.45, 2.75) is 6.04 Å². The van der Waals surface area contributed by atoms with Crippen molar-refractivity contribution < 1.29 is 14.3 Å². The fourth-order valence-corrected chi connectivity index (χ4v) is 2.63. The summed E-state index contributed by atoms with van der Waals surface area (Å²) in [5.74, 6) is 1.76. The highest BCUT2D eigenvalue weighted by atomic mass is 16.5. The summed E-state index contributed by atoms with van der Waals surface area (Å²) in [4.78, 5) is 19.9. The van der Waals surface area contributed by atoms with E-state index in [1.54, 1.807) is 44.8 Å². The standard InChI is InChI=1S/C18H20N4O3/c1-22-8-7-20-17(22)16(21-18(23)15-5-4-6-19-15)12-9-13(24-2)11-14(10-12)25-3/h4-11,16,19H,1-3H3,(H,21,23)/t16-/m0/s1. The average Bonchev–Trinajstić information content (AvgIpc) is 3.31. The van der Waals surface area contributed by atoms with E-state index < -0.39 is 6.04 Å². The number of ether oxygens (including phenoxy) is 2. The van der Waals surface area contributed by atoms with Crippen molar-refractivity contribution in [3.05, 3.63) is 66.0 Å². The molecule has 25 heavy (non-hydrogen) atoms. The first kappa shape index (κ1) is 16.6. The molecule has 7 nitrogen and oxygen atoms in total. The lowest BCUT2D eigenvalue weighted by Crippen LogP contribution is -2.31. The summed E-state index contributed by atoms with van der Waals surface area (Å²) in [5.41, 5.74) is 1.29. The number of aromatic amines is 1. The second-order valence-electron chi connectivity index (χ2n) is 5.53. The molecule has 130 valence electrons. The van der Waals surface area contributed by atoms with Crippen LogP contribution in [0.1, 0.15) is 27.9 Å². The number of nitrogens with one attached hydrogen (secondary N) is 2. The van der Waals surface area contributed by atoms with Crippen LogP contribution >= 0.6 is 0 Å². The van der Waals surface area contributed by atoms with Gasteiger partial charge in [0.15, 0.2) is 0 Å². The molecule has 2 heterocycles. The minimum Gasteiger partial charge on any atom is -0.497 e. The van der Waals surface area contributed by atoms with Gasteiger partial charge in [-0.2, -0.15) is 0 Å². The molecule has 0 saturated heterocycles. The average molecular weight is 340 g/mol. The number of imidazole rings is 1. The Bertz CT molecular complexity index is 833. The minimum atomic E-state index is -0.459. The predicted molar refractivity (Wildman–Crippen MR) is 92.9 cm³/mol. The highest BCUT2D eigenvalue weighted by molar-refractivity contribution is 5.92. The Kier molecular flexibility index (Phi) is 4.74. The summed E-state index contributed by atoms with van der Waals surface area (Å²) in [6, 6.07) is 8.54. The van der Waals surface area contributed by atoms with Gasteiger partial charge in [-0.3, -0.25) is 4.79 Å². The first-order chi connectivity index (χ1) is 12.1. The number of aromatic nitrogens is 3. The van der Waals surface area contributed by atoms with E-state index in [4.69, 9.17) is 9.47 Å². The van der Waals surface area contributed by atoms with Gasteiger partial charge in [0.25, 0.3) is 5.91 Å². The van der Waals surface area contributed by atoms with E-state index in [1.165, 1.54) is 0 Å². The normalized spacial score (nSPS) is 11.8. The maximum atomic E-state index is 12.6. The van der Waals surface area contributed by atoms with Crippen molar-refractivity contribution in [3.63, 3.8) is 0 Å². The Morgan fingerprint density at radius 3 is 2.48 bits per heavy atom. The number of aryl methyl sites for hydroxylation is 1. The maximum absolute atomic E-state index is 12.6.